The molecule has 1 saturated heterocycles. The van der Waals surface area contributed by atoms with E-state index in [2.05, 4.69) is 0 Å². The van der Waals surface area contributed by atoms with Crippen molar-refractivity contribution in [2.45, 2.75) is 23.6 Å². The Hall–Kier alpha value is -0.630. The fraction of sp³-hybridized carbons (Fsp3) is 0.500. The van der Waals surface area contributed by atoms with Gasteiger partial charge in [0.2, 0.25) is 0 Å². The van der Waals surface area contributed by atoms with Crippen molar-refractivity contribution in [2.24, 2.45) is 5.92 Å². The van der Waals surface area contributed by atoms with Crippen LogP contribution in [0.1, 0.15) is 13.3 Å². The molecule has 2 unspecified atom stereocenters. The highest BCUT2D eigenvalue weighted by molar-refractivity contribution is 7.91. The maximum absolute atomic E-state index is 12.3. The molecule has 0 aromatic carbocycles. The van der Waals surface area contributed by atoms with Crippen molar-refractivity contribution < 1.29 is 18.3 Å². The number of hydrogen-bond acceptors (Lipinski definition) is 4. The van der Waals surface area contributed by atoms with Gasteiger partial charge in [0, 0.05) is 12.6 Å². The average molecular weight is 310 g/mol. The molecule has 1 aliphatic rings. The smallest absolute Gasteiger partial charge is 0.308 e. The topological polar surface area (TPSA) is 74.7 Å². The monoisotopic (exact) mass is 309 g/mol. The van der Waals surface area contributed by atoms with Crippen LogP contribution in [0.15, 0.2) is 16.3 Å². The number of halogens is 1. The van der Waals surface area contributed by atoms with E-state index in [0.717, 1.165) is 11.3 Å². The number of nitrogens with zero attached hydrogens (tertiary/aromatic N) is 1. The van der Waals surface area contributed by atoms with Crippen molar-refractivity contribution in [2.75, 3.05) is 6.54 Å². The molecule has 0 saturated carbocycles. The number of carboxylic acid groups (broad SMARTS) is 1. The van der Waals surface area contributed by atoms with Gasteiger partial charge in [-0.25, -0.2) is 8.42 Å². The van der Waals surface area contributed by atoms with Crippen LogP contribution < -0.4 is 0 Å². The molecule has 1 aromatic rings. The van der Waals surface area contributed by atoms with E-state index in [4.69, 9.17) is 16.7 Å². The number of sulfonamides is 1. The zero-order valence-corrected chi connectivity index (χ0v) is 11.9. The Morgan fingerprint density at radius 3 is 2.67 bits per heavy atom. The lowest BCUT2D eigenvalue weighted by Crippen LogP contribution is -2.37. The third kappa shape index (κ3) is 2.27. The van der Waals surface area contributed by atoms with Gasteiger partial charge in [0.15, 0.2) is 0 Å². The zero-order chi connectivity index (χ0) is 13.5. The Labute approximate surface area is 114 Å². The molecule has 100 valence electrons. The summed E-state index contributed by atoms with van der Waals surface area (Å²) in [5.41, 5.74) is 0. The van der Waals surface area contributed by atoms with Crippen LogP contribution in [0, 0.1) is 5.92 Å². The number of hydrogen-bond donors (Lipinski definition) is 1. The molecular weight excluding hydrogens is 298 g/mol. The summed E-state index contributed by atoms with van der Waals surface area (Å²) in [7, 11) is -3.63. The predicted molar refractivity (Wildman–Crippen MR) is 68.4 cm³/mol. The summed E-state index contributed by atoms with van der Waals surface area (Å²) >= 11 is 6.71. The van der Waals surface area contributed by atoms with Gasteiger partial charge in [-0.1, -0.05) is 11.6 Å². The van der Waals surface area contributed by atoms with Gasteiger partial charge < -0.3 is 5.11 Å². The lowest BCUT2D eigenvalue weighted by atomic mass is 10.0. The van der Waals surface area contributed by atoms with E-state index in [1.54, 1.807) is 6.92 Å². The Bertz CT molecular complexity index is 568. The first-order valence-corrected chi connectivity index (χ1v) is 7.97. The molecule has 0 aliphatic carbocycles. The van der Waals surface area contributed by atoms with E-state index in [1.807, 2.05) is 0 Å². The first-order chi connectivity index (χ1) is 8.34. The highest BCUT2D eigenvalue weighted by atomic mass is 35.5. The minimum Gasteiger partial charge on any atom is -0.481 e. The second-order valence-corrected chi connectivity index (χ2v) is 7.98. The molecule has 0 bridgehead atoms. The molecule has 1 aromatic heterocycles. The van der Waals surface area contributed by atoms with Crippen molar-refractivity contribution in [1.29, 1.82) is 0 Å². The fourth-order valence-corrected chi connectivity index (χ4v) is 5.43. The summed E-state index contributed by atoms with van der Waals surface area (Å²) in [6, 6.07) is 2.44. The van der Waals surface area contributed by atoms with E-state index in [9.17, 15) is 13.2 Å². The Balaban J connectivity index is 2.30. The van der Waals surface area contributed by atoms with Crippen molar-refractivity contribution in [3.05, 3.63) is 16.5 Å². The Morgan fingerprint density at radius 2 is 2.22 bits per heavy atom. The summed E-state index contributed by atoms with van der Waals surface area (Å²) < 4.78 is 26.4. The molecule has 8 heteroatoms. The maximum Gasteiger partial charge on any atom is 0.308 e. The van der Waals surface area contributed by atoms with Crippen LogP contribution in [0.5, 0.6) is 0 Å². The lowest BCUT2D eigenvalue weighted by Gasteiger charge is -2.21. The van der Waals surface area contributed by atoms with Gasteiger partial charge in [-0.15, -0.1) is 11.3 Å². The number of carbonyl (C=O) groups is 1. The minimum absolute atomic E-state index is 0.158. The van der Waals surface area contributed by atoms with Crippen molar-refractivity contribution in [1.82, 2.24) is 4.31 Å². The number of rotatable bonds is 3. The fourth-order valence-electron chi connectivity index (χ4n) is 2.13. The summed E-state index contributed by atoms with van der Waals surface area (Å²) in [6.45, 7) is 1.86. The van der Waals surface area contributed by atoms with E-state index in [1.165, 1.54) is 16.4 Å². The van der Waals surface area contributed by atoms with Crippen LogP contribution in [0.2, 0.25) is 4.34 Å². The van der Waals surface area contributed by atoms with E-state index < -0.39 is 28.0 Å². The van der Waals surface area contributed by atoms with E-state index in [-0.39, 0.29) is 10.8 Å². The van der Waals surface area contributed by atoms with Crippen LogP contribution in [-0.4, -0.2) is 36.4 Å². The van der Waals surface area contributed by atoms with Gasteiger partial charge in [-0.3, -0.25) is 4.79 Å². The number of carboxylic acids is 1. The second kappa shape index (κ2) is 4.80. The van der Waals surface area contributed by atoms with Crippen molar-refractivity contribution in [3.63, 3.8) is 0 Å². The van der Waals surface area contributed by atoms with Crippen molar-refractivity contribution >= 4 is 38.9 Å². The standard InChI is InChI=1S/C10H12ClNO4S2/c1-6-7(10(13)14)4-5-12(6)18(15,16)9-3-2-8(11)17-9/h2-3,6-7H,4-5H2,1H3,(H,13,14). The molecule has 1 aliphatic heterocycles. The van der Waals surface area contributed by atoms with Crippen molar-refractivity contribution in [3.8, 4) is 0 Å². The highest BCUT2D eigenvalue weighted by Gasteiger charge is 2.42. The first kappa shape index (κ1) is 13.8. The predicted octanol–water partition coefficient (Wildman–Crippen LogP) is 1.89. The summed E-state index contributed by atoms with van der Waals surface area (Å²) in [6.07, 6.45) is 0.342. The third-order valence-corrected chi connectivity index (χ3v) is 6.81. The SMILES string of the molecule is CC1C(C(=O)O)CCN1S(=O)(=O)c1ccc(Cl)s1. The summed E-state index contributed by atoms with van der Waals surface area (Å²) in [5.74, 6) is -1.60. The molecule has 1 fully saturated rings. The highest BCUT2D eigenvalue weighted by Crippen LogP contribution is 2.34. The second-order valence-electron chi connectivity index (χ2n) is 4.15. The van der Waals surface area contributed by atoms with Crippen LogP contribution in [0.3, 0.4) is 0 Å². The van der Waals surface area contributed by atoms with Gasteiger partial charge in [-0.05, 0) is 25.5 Å². The molecule has 0 radical (unpaired) electrons. The van der Waals surface area contributed by atoms with Crippen LogP contribution in [0.25, 0.3) is 0 Å². The van der Waals surface area contributed by atoms with Gasteiger partial charge in [0.05, 0.1) is 10.3 Å². The molecule has 2 rings (SSSR count). The largest absolute Gasteiger partial charge is 0.481 e. The van der Waals surface area contributed by atoms with E-state index in [0.29, 0.717) is 10.8 Å². The quantitative estimate of drug-likeness (QED) is 0.925. The summed E-state index contributed by atoms with van der Waals surface area (Å²) in [5, 5.41) is 9.00. The van der Waals surface area contributed by atoms with Crippen LogP contribution in [0.4, 0.5) is 0 Å². The van der Waals surface area contributed by atoms with Gasteiger partial charge in [0.25, 0.3) is 10.0 Å². The van der Waals surface area contributed by atoms with Gasteiger partial charge >= 0.3 is 5.97 Å². The third-order valence-electron chi connectivity index (χ3n) is 3.13. The number of thiophene rings is 1. The van der Waals surface area contributed by atoms with Gasteiger partial charge in [-0.2, -0.15) is 4.31 Å². The molecule has 18 heavy (non-hydrogen) atoms. The normalized spacial score (nSPS) is 25.4. The molecule has 2 atom stereocenters. The molecule has 5 nitrogen and oxygen atoms in total. The number of aliphatic carboxylic acids is 1. The van der Waals surface area contributed by atoms with Crippen LogP contribution >= 0.6 is 22.9 Å². The van der Waals surface area contributed by atoms with Crippen LogP contribution in [-0.2, 0) is 14.8 Å². The Morgan fingerprint density at radius 1 is 1.56 bits per heavy atom. The molecular formula is C10H12ClNO4S2. The molecule has 0 amide bonds. The Kier molecular flexibility index (Phi) is 3.68. The first-order valence-electron chi connectivity index (χ1n) is 5.34. The zero-order valence-electron chi connectivity index (χ0n) is 9.54. The molecule has 1 N–H and O–H groups in total. The summed E-state index contributed by atoms with van der Waals surface area (Å²) in [4.78, 5) is 11.0. The lowest BCUT2D eigenvalue weighted by molar-refractivity contribution is -0.142. The van der Waals surface area contributed by atoms with Gasteiger partial charge in [0.1, 0.15) is 4.21 Å². The minimum atomic E-state index is -3.63. The molecule has 2 heterocycles. The maximum atomic E-state index is 12.3. The molecule has 0 spiro atoms. The van der Waals surface area contributed by atoms with E-state index >= 15 is 0 Å². The average Bonchev–Trinajstić information content (AvgIpc) is 2.84.